The van der Waals surface area contributed by atoms with Gasteiger partial charge >= 0.3 is 0 Å². The summed E-state index contributed by atoms with van der Waals surface area (Å²) in [5.41, 5.74) is 0.680. The van der Waals surface area contributed by atoms with Crippen molar-refractivity contribution in [1.82, 2.24) is 5.32 Å². The van der Waals surface area contributed by atoms with E-state index in [4.69, 9.17) is 0 Å². The largest absolute Gasteiger partial charge is 0.319 e. The van der Waals surface area contributed by atoms with Crippen LogP contribution in [0.5, 0.6) is 0 Å². The Morgan fingerprint density at radius 1 is 1.20 bits per heavy atom. The van der Waals surface area contributed by atoms with E-state index >= 15 is 0 Å². The number of hydrogen-bond donors (Lipinski definition) is 1. The second kappa shape index (κ2) is 4.45. The van der Waals surface area contributed by atoms with Crippen molar-refractivity contribution in [3.05, 3.63) is 0 Å². The van der Waals surface area contributed by atoms with Gasteiger partial charge in [0, 0.05) is 6.54 Å². The quantitative estimate of drug-likeness (QED) is 0.706. The van der Waals surface area contributed by atoms with Crippen LogP contribution in [-0.4, -0.2) is 13.6 Å². The maximum atomic E-state index is 3.45. The van der Waals surface area contributed by atoms with Crippen LogP contribution in [0.25, 0.3) is 0 Å². The molecule has 0 aromatic carbocycles. The zero-order valence-electron chi connectivity index (χ0n) is 10.7. The molecule has 0 aromatic heterocycles. The molecule has 2 aliphatic carbocycles. The predicted octanol–water partition coefficient (Wildman–Crippen LogP) is 3.45. The molecule has 0 spiro atoms. The van der Waals surface area contributed by atoms with Crippen LogP contribution >= 0.6 is 0 Å². The lowest BCUT2D eigenvalue weighted by Gasteiger charge is -2.34. The van der Waals surface area contributed by atoms with Gasteiger partial charge in [0.15, 0.2) is 0 Å². The van der Waals surface area contributed by atoms with Gasteiger partial charge in [0.1, 0.15) is 0 Å². The second-order valence-corrected chi connectivity index (χ2v) is 6.08. The Hall–Kier alpha value is -0.0400. The maximum Gasteiger partial charge on any atom is 0.000511 e. The lowest BCUT2D eigenvalue weighted by molar-refractivity contribution is 0.187. The van der Waals surface area contributed by atoms with E-state index in [9.17, 15) is 0 Å². The van der Waals surface area contributed by atoms with Gasteiger partial charge in [-0.05, 0) is 55.9 Å². The Morgan fingerprint density at radius 2 is 1.80 bits per heavy atom. The molecule has 2 saturated carbocycles. The maximum absolute atomic E-state index is 3.45. The zero-order chi connectivity index (χ0) is 10.9. The van der Waals surface area contributed by atoms with Crippen molar-refractivity contribution in [1.29, 1.82) is 0 Å². The third kappa shape index (κ3) is 2.38. The van der Waals surface area contributed by atoms with Crippen LogP contribution in [0.4, 0.5) is 0 Å². The van der Waals surface area contributed by atoms with Crippen molar-refractivity contribution in [2.45, 2.75) is 52.4 Å². The smallest absolute Gasteiger partial charge is 0.000511 e. The van der Waals surface area contributed by atoms with Crippen LogP contribution in [0.1, 0.15) is 52.4 Å². The molecular formula is C14H27N. The molecule has 2 unspecified atom stereocenters. The number of nitrogens with one attached hydrogen (secondary N) is 1. The zero-order valence-corrected chi connectivity index (χ0v) is 10.7. The van der Waals surface area contributed by atoms with Gasteiger partial charge in [-0.3, -0.25) is 0 Å². The molecule has 2 aliphatic rings. The lowest BCUT2D eigenvalue weighted by atomic mass is 9.74. The highest BCUT2D eigenvalue weighted by Gasteiger charge is 2.53. The van der Waals surface area contributed by atoms with Crippen LogP contribution < -0.4 is 5.32 Å². The van der Waals surface area contributed by atoms with E-state index in [1.165, 1.54) is 38.6 Å². The van der Waals surface area contributed by atoms with Crippen molar-refractivity contribution < 1.29 is 0 Å². The highest BCUT2D eigenvalue weighted by atomic mass is 14.8. The molecule has 0 bridgehead atoms. The molecule has 2 atom stereocenters. The third-order valence-corrected chi connectivity index (χ3v) is 4.89. The van der Waals surface area contributed by atoms with Gasteiger partial charge in [-0.25, -0.2) is 0 Å². The van der Waals surface area contributed by atoms with Crippen LogP contribution in [0.15, 0.2) is 0 Å². The fourth-order valence-corrected chi connectivity index (χ4v) is 3.95. The lowest BCUT2D eigenvalue weighted by Crippen LogP contribution is -2.33. The Morgan fingerprint density at radius 3 is 2.27 bits per heavy atom. The Kier molecular flexibility index (Phi) is 3.39. The topological polar surface area (TPSA) is 12.0 Å². The molecular weight excluding hydrogens is 182 g/mol. The molecule has 2 rings (SSSR count). The average Bonchev–Trinajstić information content (AvgIpc) is 2.85. The summed E-state index contributed by atoms with van der Waals surface area (Å²) < 4.78 is 0. The van der Waals surface area contributed by atoms with Gasteiger partial charge in [-0.1, -0.05) is 26.7 Å². The summed E-state index contributed by atoms with van der Waals surface area (Å²) in [6, 6.07) is 0. The number of rotatable bonds is 6. The molecule has 88 valence electrons. The third-order valence-electron chi connectivity index (χ3n) is 4.89. The van der Waals surface area contributed by atoms with Crippen molar-refractivity contribution in [3.8, 4) is 0 Å². The summed E-state index contributed by atoms with van der Waals surface area (Å²) in [7, 11) is 2.12. The van der Waals surface area contributed by atoms with Gasteiger partial charge in [-0.15, -0.1) is 0 Å². The second-order valence-electron chi connectivity index (χ2n) is 6.08. The first kappa shape index (κ1) is 11.4. The van der Waals surface area contributed by atoms with Gasteiger partial charge in [0.25, 0.3) is 0 Å². The van der Waals surface area contributed by atoms with E-state index in [2.05, 4.69) is 26.2 Å². The van der Waals surface area contributed by atoms with Crippen molar-refractivity contribution in [3.63, 3.8) is 0 Å². The van der Waals surface area contributed by atoms with E-state index < -0.39 is 0 Å². The SMILES string of the molecule is CCC(CC)CC1(CNC)CC2CC2C1. The normalized spacial score (nSPS) is 38.4. The van der Waals surface area contributed by atoms with E-state index in [0.717, 1.165) is 17.8 Å². The van der Waals surface area contributed by atoms with Crippen molar-refractivity contribution >= 4 is 0 Å². The molecule has 15 heavy (non-hydrogen) atoms. The Labute approximate surface area is 95.0 Å². The summed E-state index contributed by atoms with van der Waals surface area (Å²) in [6.07, 6.45) is 8.82. The molecule has 0 saturated heterocycles. The highest BCUT2D eigenvalue weighted by Crippen LogP contribution is 2.61. The molecule has 1 N–H and O–H groups in total. The number of hydrogen-bond acceptors (Lipinski definition) is 1. The van der Waals surface area contributed by atoms with Crippen LogP contribution in [0.3, 0.4) is 0 Å². The van der Waals surface area contributed by atoms with Crippen LogP contribution in [-0.2, 0) is 0 Å². The van der Waals surface area contributed by atoms with Gasteiger partial charge in [0.05, 0.1) is 0 Å². The van der Waals surface area contributed by atoms with Gasteiger partial charge in [-0.2, -0.15) is 0 Å². The Bertz CT molecular complexity index is 197. The van der Waals surface area contributed by atoms with Crippen molar-refractivity contribution in [2.75, 3.05) is 13.6 Å². The first-order chi connectivity index (χ1) is 7.23. The average molecular weight is 209 g/mol. The van der Waals surface area contributed by atoms with E-state index in [-0.39, 0.29) is 0 Å². The molecule has 0 aromatic rings. The van der Waals surface area contributed by atoms with E-state index in [1.807, 2.05) is 0 Å². The monoisotopic (exact) mass is 209 g/mol. The molecule has 1 heteroatoms. The van der Waals surface area contributed by atoms with E-state index in [1.54, 1.807) is 6.42 Å². The Balaban J connectivity index is 1.93. The van der Waals surface area contributed by atoms with Crippen LogP contribution in [0, 0.1) is 23.2 Å². The standard InChI is InChI=1S/C14H27N/c1-4-11(5-2)7-14(10-15-3)8-12-6-13(12)9-14/h11-13,15H,4-10H2,1-3H3. The summed E-state index contributed by atoms with van der Waals surface area (Å²) in [5, 5.41) is 3.45. The minimum atomic E-state index is 0.680. The molecule has 0 amide bonds. The fraction of sp³-hybridized carbons (Fsp3) is 1.00. The first-order valence-electron chi connectivity index (χ1n) is 6.87. The fourth-order valence-electron chi connectivity index (χ4n) is 3.95. The summed E-state index contributed by atoms with van der Waals surface area (Å²) in [4.78, 5) is 0. The summed E-state index contributed by atoms with van der Waals surface area (Å²) in [5.74, 6) is 3.20. The first-order valence-corrected chi connectivity index (χ1v) is 6.87. The summed E-state index contributed by atoms with van der Waals surface area (Å²) >= 11 is 0. The molecule has 2 fully saturated rings. The van der Waals surface area contributed by atoms with Gasteiger partial charge in [0.2, 0.25) is 0 Å². The minimum absolute atomic E-state index is 0.680. The highest BCUT2D eigenvalue weighted by molar-refractivity contribution is 5.04. The molecule has 0 radical (unpaired) electrons. The molecule has 1 nitrogen and oxygen atoms in total. The van der Waals surface area contributed by atoms with Gasteiger partial charge < -0.3 is 5.32 Å². The summed E-state index contributed by atoms with van der Waals surface area (Å²) in [6.45, 7) is 5.98. The predicted molar refractivity (Wildman–Crippen MR) is 65.9 cm³/mol. The van der Waals surface area contributed by atoms with Crippen LogP contribution in [0.2, 0.25) is 0 Å². The minimum Gasteiger partial charge on any atom is -0.319 e. The number of fused-ring (bicyclic) bond motifs is 1. The molecule has 0 aliphatic heterocycles. The molecule has 0 heterocycles. The van der Waals surface area contributed by atoms with E-state index in [0.29, 0.717) is 5.41 Å². The van der Waals surface area contributed by atoms with Crippen molar-refractivity contribution in [2.24, 2.45) is 23.2 Å².